The minimum absolute atomic E-state index is 0.142. The lowest BCUT2D eigenvalue weighted by atomic mass is 10.1. The number of aromatic nitrogens is 3. The molecular formula is C25H20FN3OS. The van der Waals surface area contributed by atoms with Crippen LogP contribution in [0.5, 0.6) is 0 Å². The van der Waals surface area contributed by atoms with Crippen molar-refractivity contribution in [3.63, 3.8) is 0 Å². The van der Waals surface area contributed by atoms with E-state index in [1.807, 2.05) is 62.4 Å². The smallest absolute Gasteiger partial charge is 0.283 e. The predicted octanol–water partition coefficient (Wildman–Crippen LogP) is 5.92. The number of para-hydroxylation sites is 1. The number of H-pyrrole nitrogens is 1. The molecule has 0 spiro atoms. The van der Waals surface area contributed by atoms with E-state index in [1.54, 1.807) is 10.6 Å². The summed E-state index contributed by atoms with van der Waals surface area (Å²) in [5.41, 5.74) is 5.64. The fraction of sp³-hybridized carbons (Fsp3) is 0.120. The van der Waals surface area contributed by atoms with Gasteiger partial charge >= 0.3 is 0 Å². The molecule has 0 aliphatic heterocycles. The van der Waals surface area contributed by atoms with Gasteiger partial charge in [0.25, 0.3) is 5.56 Å². The van der Waals surface area contributed by atoms with Gasteiger partial charge in [-0.05, 0) is 54.8 Å². The average Bonchev–Trinajstić information content (AvgIpc) is 3.14. The summed E-state index contributed by atoms with van der Waals surface area (Å²) in [7, 11) is 0. The van der Waals surface area contributed by atoms with Crippen LogP contribution in [0.1, 0.15) is 16.7 Å². The Morgan fingerprint density at radius 1 is 1.03 bits per heavy atom. The van der Waals surface area contributed by atoms with Crippen molar-refractivity contribution in [2.45, 2.75) is 24.8 Å². The highest BCUT2D eigenvalue weighted by Crippen LogP contribution is 2.29. The fourth-order valence-corrected chi connectivity index (χ4v) is 4.75. The van der Waals surface area contributed by atoms with Crippen molar-refractivity contribution in [2.75, 3.05) is 0 Å². The standard InChI is InChI=1S/C25H20FN3OS/c1-15-7-5-12-21(16(15)2)29-24(30)23-22(19-10-3-4-11-20(19)27-23)28-25(29)31-14-17-8-6-9-18(26)13-17/h3-13,27H,14H2,1-2H3. The average molecular weight is 430 g/mol. The number of hydrogen-bond acceptors (Lipinski definition) is 3. The van der Waals surface area contributed by atoms with Crippen molar-refractivity contribution >= 4 is 33.7 Å². The van der Waals surface area contributed by atoms with Crippen LogP contribution in [0.3, 0.4) is 0 Å². The van der Waals surface area contributed by atoms with E-state index in [1.165, 1.54) is 23.9 Å². The zero-order chi connectivity index (χ0) is 21.5. The summed E-state index contributed by atoms with van der Waals surface area (Å²) in [6.45, 7) is 4.03. The monoisotopic (exact) mass is 429 g/mol. The number of nitrogens with one attached hydrogen (secondary N) is 1. The number of fused-ring (bicyclic) bond motifs is 3. The number of halogens is 1. The molecule has 5 aromatic rings. The maximum absolute atomic E-state index is 13.7. The van der Waals surface area contributed by atoms with Gasteiger partial charge < -0.3 is 4.98 Å². The third-order valence-electron chi connectivity index (χ3n) is 5.57. The Kier molecular flexibility index (Phi) is 4.87. The van der Waals surface area contributed by atoms with Crippen LogP contribution >= 0.6 is 11.8 Å². The minimum Gasteiger partial charge on any atom is -0.349 e. The van der Waals surface area contributed by atoms with Gasteiger partial charge in [-0.3, -0.25) is 9.36 Å². The van der Waals surface area contributed by atoms with E-state index in [0.29, 0.717) is 21.9 Å². The maximum Gasteiger partial charge on any atom is 0.283 e. The quantitative estimate of drug-likeness (QED) is 0.285. The topological polar surface area (TPSA) is 50.7 Å². The Hall–Kier alpha value is -3.38. The normalized spacial score (nSPS) is 11.5. The Bertz CT molecular complexity index is 1500. The summed E-state index contributed by atoms with van der Waals surface area (Å²) in [5, 5.41) is 1.50. The molecule has 0 radical (unpaired) electrons. The Morgan fingerprint density at radius 2 is 1.84 bits per heavy atom. The number of benzene rings is 3. The minimum atomic E-state index is -0.273. The third kappa shape index (κ3) is 3.43. The molecule has 0 saturated heterocycles. The summed E-state index contributed by atoms with van der Waals surface area (Å²) in [6, 6.07) is 20.2. The van der Waals surface area contributed by atoms with Gasteiger partial charge in [0.05, 0.1) is 5.69 Å². The van der Waals surface area contributed by atoms with Crippen molar-refractivity contribution in [2.24, 2.45) is 0 Å². The van der Waals surface area contributed by atoms with Gasteiger partial charge in [-0.15, -0.1) is 0 Å². The molecule has 0 aliphatic rings. The van der Waals surface area contributed by atoms with Crippen molar-refractivity contribution in [1.29, 1.82) is 0 Å². The highest BCUT2D eigenvalue weighted by Gasteiger charge is 2.18. The number of hydrogen-bond donors (Lipinski definition) is 1. The predicted molar refractivity (Wildman–Crippen MR) is 125 cm³/mol. The summed E-state index contributed by atoms with van der Waals surface area (Å²) >= 11 is 1.43. The molecule has 0 fully saturated rings. The molecule has 0 unspecified atom stereocenters. The van der Waals surface area contributed by atoms with Gasteiger partial charge in [-0.1, -0.05) is 54.2 Å². The first-order valence-corrected chi connectivity index (χ1v) is 11.0. The highest BCUT2D eigenvalue weighted by atomic mass is 32.2. The number of thioether (sulfide) groups is 1. The van der Waals surface area contributed by atoms with E-state index in [0.717, 1.165) is 33.3 Å². The molecule has 1 N–H and O–H groups in total. The van der Waals surface area contributed by atoms with Crippen LogP contribution in [-0.2, 0) is 5.75 Å². The number of aromatic amines is 1. The van der Waals surface area contributed by atoms with E-state index < -0.39 is 0 Å². The number of nitrogens with zero attached hydrogens (tertiary/aromatic N) is 2. The van der Waals surface area contributed by atoms with Gasteiger partial charge in [0.2, 0.25) is 0 Å². The van der Waals surface area contributed by atoms with Gasteiger partial charge in [-0.2, -0.15) is 0 Å². The van der Waals surface area contributed by atoms with Crippen LogP contribution in [0, 0.1) is 19.7 Å². The first-order valence-electron chi connectivity index (χ1n) is 10.0. The van der Waals surface area contributed by atoms with Gasteiger partial charge in [-0.25, -0.2) is 9.37 Å². The summed E-state index contributed by atoms with van der Waals surface area (Å²) in [6.07, 6.45) is 0. The van der Waals surface area contributed by atoms with Gasteiger partial charge in [0.1, 0.15) is 16.9 Å². The molecule has 0 atom stereocenters. The molecular weight excluding hydrogens is 409 g/mol. The van der Waals surface area contributed by atoms with Crippen LogP contribution < -0.4 is 5.56 Å². The number of aryl methyl sites for hydroxylation is 1. The van der Waals surface area contributed by atoms with Gasteiger partial charge in [0.15, 0.2) is 5.16 Å². The molecule has 0 aliphatic carbocycles. The second-order valence-corrected chi connectivity index (χ2v) is 8.51. The first kappa shape index (κ1) is 19.6. The second kappa shape index (κ2) is 7.71. The molecule has 154 valence electrons. The molecule has 5 rings (SSSR count). The summed E-state index contributed by atoms with van der Waals surface area (Å²) < 4.78 is 15.3. The lowest BCUT2D eigenvalue weighted by molar-refractivity contribution is 0.626. The SMILES string of the molecule is Cc1cccc(-n2c(SCc3cccc(F)c3)nc3c([nH]c4ccccc43)c2=O)c1C. The van der Waals surface area contributed by atoms with E-state index in [9.17, 15) is 9.18 Å². The molecule has 6 heteroatoms. The molecule has 4 nitrogen and oxygen atoms in total. The maximum atomic E-state index is 13.7. The fourth-order valence-electron chi connectivity index (χ4n) is 3.80. The second-order valence-electron chi connectivity index (χ2n) is 7.57. The summed E-state index contributed by atoms with van der Waals surface area (Å²) in [4.78, 5) is 21.8. The zero-order valence-corrected chi connectivity index (χ0v) is 18.0. The molecule has 0 amide bonds. The van der Waals surface area contributed by atoms with Crippen molar-refractivity contribution in [1.82, 2.24) is 14.5 Å². The lowest BCUT2D eigenvalue weighted by Gasteiger charge is -2.15. The van der Waals surface area contributed by atoms with Crippen LogP contribution in [0.4, 0.5) is 4.39 Å². The highest BCUT2D eigenvalue weighted by molar-refractivity contribution is 7.98. The van der Waals surface area contributed by atoms with Crippen LogP contribution in [0.15, 0.2) is 76.7 Å². The first-order chi connectivity index (χ1) is 15.0. The van der Waals surface area contributed by atoms with E-state index >= 15 is 0 Å². The Labute approximate surface area is 182 Å². The van der Waals surface area contributed by atoms with E-state index in [2.05, 4.69) is 4.98 Å². The van der Waals surface area contributed by atoms with Crippen molar-refractivity contribution in [3.05, 3.63) is 99.6 Å². The molecule has 0 saturated carbocycles. The summed E-state index contributed by atoms with van der Waals surface area (Å²) in [5.74, 6) is 0.230. The molecule has 3 aromatic carbocycles. The Balaban J connectivity index is 1.75. The van der Waals surface area contributed by atoms with E-state index in [-0.39, 0.29) is 11.4 Å². The molecule has 31 heavy (non-hydrogen) atoms. The van der Waals surface area contributed by atoms with Gasteiger partial charge in [0, 0.05) is 16.7 Å². The van der Waals surface area contributed by atoms with E-state index in [4.69, 9.17) is 4.98 Å². The van der Waals surface area contributed by atoms with Crippen LogP contribution in [0.2, 0.25) is 0 Å². The van der Waals surface area contributed by atoms with Crippen LogP contribution in [0.25, 0.3) is 27.6 Å². The zero-order valence-electron chi connectivity index (χ0n) is 17.1. The van der Waals surface area contributed by atoms with Crippen molar-refractivity contribution < 1.29 is 4.39 Å². The largest absolute Gasteiger partial charge is 0.349 e. The molecule has 2 aromatic heterocycles. The molecule has 0 bridgehead atoms. The lowest BCUT2D eigenvalue weighted by Crippen LogP contribution is -2.22. The third-order valence-corrected chi connectivity index (χ3v) is 6.58. The van der Waals surface area contributed by atoms with Crippen LogP contribution in [-0.4, -0.2) is 14.5 Å². The molecule has 2 heterocycles. The number of rotatable bonds is 4. The van der Waals surface area contributed by atoms with Crippen molar-refractivity contribution in [3.8, 4) is 5.69 Å². The Morgan fingerprint density at radius 3 is 2.68 bits per heavy atom.